The van der Waals surface area contributed by atoms with Gasteiger partial charge in [-0.15, -0.1) is 0 Å². The minimum Gasteiger partial charge on any atom is -0.440 e. The molecule has 1 atom stereocenters. The Hall–Kier alpha value is -2.49. The highest BCUT2D eigenvalue weighted by molar-refractivity contribution is 9.10. The van der Waals surface area contributed by atoms with E-state index in [9.17, 15) is 18.4 Å². The Morgan fingerprint density at radius 2 is 2.11 bits per heavy atom. The number of carbonyl (C=O) groups excluding carboxylic acids is 1. The molecule has 0 aliphatic rings. The second-order valence-electron chi connectivity index (χ2n) is 6.76. The molecule has 7 nitrogen and oxygen atoms in total. The van der Waals surface area contributed by atoms with E-state index >= 15 is 0 Å². The number of carbonyl (C=O) groups is 1. The summed E-state index contributed by atoms with van der Waals surface area (Å²) in [6.07, 6.45) is -1.17. The molecule has 2 N–H and O–H groups in total. The van der Waals surface area contributed by atoms with Crippen LogP contribution in [0, 0.1) is 5.82 Å². The highest BCUT2D eigenvalue weighted by Crippen LogP contribution is 2.24. The normalized spacial score (nSPS) is 13.1. The van der Waals surface area contributed by atoms with Gasteiger partial charge in [-0.05, 0) is 24.3 Å². The van der Waals surface area contributed by atoms with Gasteiger partial charge in [0, 0.05) is 9.89 Å². The molecule has 0 aliphatic carbocycles. The Balaban J connectivity index is 2.61. The number of benzene rings is 1. The van der Waals surface area contributed by atoms with Crippen LogP contribution in [0.4, 0.5) is 13.6 Å². The van der Waals surface area contributed by atoms with Gasteiger partial charge in [0.25, 0.3) is 0 Å². The molecule has 10 heteroatoms. The first kappa shape index (κ1) is 20.8. The lowest BCUT2D eigenvalue weighted by atomic mass is 9.95. The zero-order chi connectivity index (χ0) is 20.4. The molecule has 1 aromatic heterocycles. The molecule has 1 unspecified atom stereocenters. The van der Waals surface area contributed by atoms with Gasteiger partial charge in [0.15, 0.2) is 0 Å². The Labute approximate surface area is 162 Å². The maximum absolute atomic E-state index is 14.5. The van der Waals surface area contributed by atoms with E-state index in [1.54, 1.807) is 6.07 Å². The Morgan fingerprint density at radius 1 is 1.44 bits per heavy atom. The third kappa shape index (κ3) is 4.82. The van der Waals surface area contributed by atoms with Gasteiger partial charge in [0.1, 0.15) is 17.7 Å². The average Bonchev–Trinajstić information content (AvgIpc) is 2.84. The molecule has 27 heavy (non-hydrogen) atoms. The lowest BCUT2D eigenvalue weighted by Crippen LogP contribution is -2.32. The van der Waals surface area contributed by atoms with E-state index in [-0.39, 0.29) is 24.4 Å². The summed E-state index contributed by atoms with van der Waals surface area (Å²) >= 11 is 3.17. The Bertz CT molecular complexity index is 931. The molecule has 2 aromatic rings. The van der Waals surface area contributed by atoms with Crippen molar-refractivity contribution in [3.05, 3.63) is 57.2 Å². The average molecular weight is 445 g/mol. The van der Waals surface area contributed by atoms with E-state index in [1.165, 1.54) is 12.1 Å². The number of rotatable bonds is 5. The minimum atomic E-state index is -1.14. The lowest BCUT2D eigenvalue weighted by molar-refractivity contribution is 0.117. The summed E-state index contributed by atoms with van der Waals surface area (Å²) in [5.41, 5.74) is 3.71. The highest BCUT2D eigenvalue weighted by atomic mass is 79.9. The second-order valence-corrected chi connectivity index (χ2v) is 7.68. The van der Waals surface area contributed by atoms with Crippen molar-refractivity contribution in [2.24, 2.45) is 5.73 Å². The third-order valence-corrected chi connectivity index (χ3v) is 4.06. The first-order valence-electron chi connectivity index (χ1n) is 7.93. The largest absolute Gasteiger partial charge is 0.440 e. The molecule has 1 aromatic carbocycles. The van der Waals surface area contributed by atoms with Gasteiger partial charge in [-0.2, -0.15) is 5.10 Å². The fraction of sp³-hybridized carbons (Fsp3) is 0.353. The van der Waals surface area contributed by atoms with Gasteiger partial charge >= 0.3 is 11.8 Å². The van der Waals surface area contributed by atoms with E-state index in [2.05, 4.69) is 21.0 Å². The number of hydrogen-bond acceptors (Lipinski definition) is 4. The van der Waals surface area contributed by atoms with E-state index < -0.39 is 29.1 Å². The van der Waals surface area contributed by atoms with Crippen molar-refractivity contribution in [1.82, 2.24) is 14.3 Å². The first-order valence-corrected chi connectivity index (χ1v) is 8.72. The summed E-state index contributed by atoms with van der Waals surface area (Å²) in [5, 5.41) is 4.25. The van der Waals surface area contributed by atoms with Crippen LogP contribution in [0.3, 0.4) is 0 Å². The summed E-state index contributed by atoms with van der Waals surface area (Å²) in [4.78, 5) is 23.9. The molecule has 0 radical (unpaired) electrons. The number of ether oxygens (including phenoxy) is 1. The van der Waals surface area contributed by atoms with E-state index in [1.807, 2.05) is 20.8 Å². The number of primary amides is 1. The molecular formula is C17H19BrF2N4O3. The van der Waals surface area contributed by atoms with Crippen LogP contribution in [0.2, 0.25) is 0 Å². The molecule has 0 bridgehead atoms. The van der Waals surface area contributed by atoms with Gasteiger partial charge in [-0.3, -0.25) is 0 Å². The van der Waals surface area contributed by atoms with Crippen molar-refractivity contribution in [1.29, 1.82) is 0 Å². The topological polar surface area (TPSA) is 92.1 Å². The summed E-state index contributed by atoms with van der Waals surface area (Å²) in [6, 6.07) is 4.27. The number of aromatic nitrogens is 3. The quantitative estimate of drug-likeness (QED) is 0.766. The molecule has 0 saturated carbocycles. The van der Waals surface area contributed by atoms with Crippen molar-refractivity contribution < 1.29 is 18.3 Å². The fourth-order valence-electron chi connectivity index (χ4n) is 2.43. The fourth-order valence-corrected chi connectivity index (χ4v) is 2.76. The number of nitrogens with zero attached hydrogens (tertiary/aromatic N) is 3. The van der Waals surface area contributed by atoms with Crippen LogP contribution in [-0.2, 0) is 16.7 Å². The van der Waals surface area contributed by atoms with E-state index in [0.717, 1.165) is 15.3 Å². The summed E-state index contributed by atoms with van der Waals surface area (Å²) in [5.74, 6) is -0.333. The van der Waals surface area contributed by atoms with Crippen molar-refractivity contribution >= 4 is 22.0 Å². The summed E-state index contributed by atoms with van der Waals surface area (Å²) in [7, 11) is 0. The molecule has 1 amide bonds. The van der Waals surface area contributed by atoms with Gasteiger partial charge in [0.05, 0.1) is 18.6 Å². The van der Waals surface area contributed by atoms with Crippen molar-refractivity contribution in [2.45, 2.75) is 38.8 Å². The first-order chi connectivity index (χ1) is 12.5. The minimum absolute atomic E-state index is 0.0211. The molecule has 0 spiro atoms. The maximum Gasteiger partial charge on any atom is 0.405 e. The highest BCUT2D eigenvalue weighted by Gasteiger charge is 2.28. The molecular weight excluding hydrogens is 426 g/mol. The van der Waals surface area contributed by atoms with Crippen LogP contribution in [0.1, 0.15) is 26.6 Å². The Kier molecular flexibility index (Phi) is 6.19. The van der Waals surface area contributed by atoms with Gasteiger partial charge in [-0.25, -0.2) is 27.6 Å². The molecule has 2 rings (SSSR count). The predicted octanol–water partition coefficient (Wildman–Crippen LogP) is 3.18. The number of nitrogens with two attached hydrogens (primary N) is 1. The standard InChI is InChI=1S/C17H19BrF2N4O3/c1-17(2,3)14-22-23(9-11(6-7-19)27-15(21)25)16(26)24(14)13-5-4-10(18)8-12(13)20/h4-8,11H,9H2,1-3H3,(H2,21,25). The molecule has 146 valence electrons. The van der Waals surface area contributed by atoms with Crippen LogP contribution in [-0.4, -0.2) is 26.5 Å². The molecule has 0 aliphatic heterocycles. The number of halogens is 3. The number of amides is 1. The SMILES string of the molecule is CC(C)(C)c1nn(CC(C=CF)OC(N)=O)c(=O)n1-c1ccc(Br)cc1F. The van der Waals surface area contributed by atoms with E-state index in [0.29, 0.717) is 4.47 Å². The monoisotopic (exact) mass is 444 g/mol. The molecule has 0 saturated heterocycles. The predicted molar refractivity (Wildman–Crippen MR) is 98.9 cm³/mol. The summed E-state index contributed by atoms with van der Waals surface area (Å²) in [6.45, 7) is 5.15. The van der Waals surface area contributed by atoms with Crippen LogP contribution in [0.15, 0.2) is 39.9 Å². The van der Waals surface area contributed by atoms with E-state index in [4.69, 9.17) is 10.5 Å². The number of hydrogen-bond donors (Lipinski definition) is 1. The Morgan fingerprint density at radius 3 is 2.63 bits per heavy atom. The zero-order valence-corrected chi connectivity index (χ0v) is 16.5. The van der Waals surface area contributed by atoms with Crippen LogP contribution in [0.25, 0.3) is 5.69 Å². The molecule has 0 fully saturated rings. The van der Waals surface area contributed by atoms with Crippen molar-refractivity contribution in [3.63, 3.8) is 0 Å². The second kappa shape index (κ2) is 8.03. The van der Waals surface area contributed by atoms with Crippen molar-refractivity contribution in [2.75, 3.05) is 0 Å². The van der Waals surface area contributed by atoms with Crippen molar-refractivity contribution in [3.8, 4) is 5.69 Å². The lowest BCUT2D eigenvalue weighted by Gasteiger charge is -2.18. The van der Waals surface area contributed by atoms with Crippen LogP contribution in [0.5, 0.6) is 0 Å². The third-order valence-electron chi connectivity index (χ3n) is 3.57. The van der Waals surface area contributed by atoms with Gasteiger partial charge in [0.2, 0.25) is 0 Å². The molecule has 1 heterocycles. The smallest absolute Gasteiger partial charge is 0.405 e. The maximum atomic E-state index is 14.5. The van der Waals surface area contributed by atoms with Crippen LogP contribution < -0.4 is 11.4 Å². The zero-order valence-electron chi connectivity index (χ0n) is 14.9. The summed E-state index contributed by atoms with van der Waals surface area (Å²) < 4.78 is 34.4. The van der Waals surface area contributed by atoms with Gasteiger partial charge < -0.3 is 10.5 Å². The van der Waals surface area contributed by atoms with Gasteiger partial charge in [-0.1, -0.05) is 36.7 Å². The van der Waals surface area contributed by atoms with Crippen LogP contribution >= 0.6 is 15.9 Å².